The van der Waals surface area contributed by atoms with Crippen LogP contribution in [0.5, 0.6) is 5.75 Å². The van der Waals surface area contributed by atoms with Gasteiger partial charge in [0.1, 0.15) is 34.8 Å². The first-order valence-electron chi connectivity index (χ1n) is 10.9. The normalized spacial score (nSPS) is 18.4. The van der Waals surface area contributed by atoms with Crippen LogP contribution in [0.2, 0.25) is 11.6 Å². The predicted octanol–water partition coefficient (Wildman–Crippen LogP) is 5.88. The number of allylic oxidation sites excluding steroid dienone is 1. The third-order valence-electron chi connectivity index (χ3n) is 6.18. The minimum atomic E-state index is -1.15. The molecule has 0 amide bonds. The number of rotatable bonds is 8. The van der Waals surface area contributed by atoms with Crippen molar-refractivity contribution < 1.29 is 22.7 Å². The van der Waals surface area contributed by atoms with E-state index in [9.17, 15) is 18.0 Å². The standard InChI is InChI=1S/C25H26F3NO2Si/c1-2-11-32-19-8-5-16(6-9-19)3-4-17-7-10-20(22(26)12-17)25(30)31-18-13-23(27)21(15-29)24(28)14-18/h2,7,10,12-14,16,19H,1,3-6,8-9,11,32H2/t16-,19-. The fraction of sp³-hybridized carbons (Fsp3) is 0.360. The summed E-state index contributed by atoms with van der Waals surface area (Å²) in [7, 11) is -0.0369. The van der Waals surface area contributed by atoms with E-state index < -0.39 is 34.7 Å². The zero-order valence-corrected chi connectivity index (χ0v) is 19.3. The Hall–Kier alpha value is -2.85. The molecule has 2 aromatic rings. The van der Waals surface area contributed by atoms with E-state index in [2.05, 4.69) is 6.58 Å². The number of nitrogens with zero attached hydrogens (tertiary/aromatic N) is 1. The molecular weight excluding hydrogens is 431 g/mol. The van der Waals surface area contributed by atoms with E-state index in [1.807, 2.05) is 6.08 Å². The number of hydrogen-bond donors (Lipinski definition) is 0. The van der Waals surface area contributed by atoms with Crippen molar-refractivity contribution in [2.75, 3.05) is 0 Å². The average molecular weight is 458 g/mol. The zero-order valence-electron chi connectivity index (χ0n) is 17.9. The maximum absolute atomic E-state index is 14.5. The smallest absolute Gasteiger partial charge is 0.346 e. The first-order chi connectivity index (χ1) is 15.4. The monoisotopic (exact) mass is 457 g/mol. The summed E-state index contributed by atoms with van der Waals surface area (Å²) in [6.45, 7) is 3.82. The molecule has 168 valence electrons. The lowest BCUT2D eigenvalue weighted by molar-refractivity contribution is 0.0729. The molecule has 0 saturated heterocycles. The van der Waals surface area contributed by atoms with Gasteiger partial charge in [0.25, 0.3) is 0 Å². The molecule has 1 aliphatic rings. The van der Waals surface area contributed by atoms with Crippen molar-refractivity contribution in [2.24, 2.45) is 5.92 Å². The third kappa shape index (κ3) is 6.10. The number of halogens is 3. The van der Waals surface area contributed by atoms with Gasteiger partial charge in [-0.25, -0.2) is 18.0 Å². The second kappa shape index (κ2) is 11.1. The molecule has 0 heterocycles. The number of hydrogen-bond acceptors (Lipinski definition) is 3. The van der Waals surface area contributed by atoms with Crippen LogP contribution in [0.1, 0.15) is 53.6 Å². The molecule has 0 N–H and O–H groups in total. The van der Waals surface area contributed by atoms with Gasteiger partial charge in [0.05, 0.1) is 5.56 Å². The second-order valence-electron chi connectivity index (χ2n) is 8.37. The molecule has 0 unspecified atom stereocenters. The molecule has 3 rings (SSSR count). The number of carbonyl (C=O) groups is 1. The van der Waals surface area contributed by atoms with Crippen molar-refractivity contribution in [3.63, 3.8) is 0 Å². The van der Waals surface area contributed by atoms with E-state index in [1.54, 1.807) is 6.07 Å². The maximum atomic E-state index is 14.5. The van der Waals surface area contributed by atoms with Crippen LogP contribution in [0.3, 0.4) is 0 Å². The number of benzene rings is 2. The number of carbonyl (C=O) groups excluding carboxylic acids is 1. The highest BCUT2D eigenvalue weighted by Gasteiger charge is 2.21. The Bertz CT molecular complexity index is 1000. The highest BCUT2D eigenvalue weighted by Crippen LogP contribution is 2.35. The lowest BCUT2D eigenvalue weighted by Crippen LogP contribution is -2.15. The van der Waals surface area contributed by atoms with E-state index in [1.165, 1.54) is 49.9 Å². The van der Waals surface area contributed by atoms with Crippen LogP contribution in [-0.4, -0.2) is 15.5 Å². The van der Waals surface area contributed by atoms with Crippen molar-refractivity contribution in [3.8, 4) is 11.8 Å². The number of ether oxygens (including phenoxy) is 1. The summed E-state index contributed by atoms with van der Waals surface area (Å²) >= 11 is 0. The fourth-order valence-corrected chi connectivity index (χ4v) is 6.05. The minimum absolute atomic E-state index is 0.0369. The predicted molar refractivity (Wildman–Crippen MR) is 120 cm³/mol. The molecular formula is C25H26F3NO2Si. The molecule has 7 heteroatoms. The van der Waals surface area contributed by atoms with Crippen LogP contribution < -0.4 is 4.74 Å². The highest BCUT2D eigenvalue weighted by atomic mass is 28.2. The Morgan fingerprint density at radius 3 is 2.41 bits per heavy atom. The maximum Gasteiger partial charge on any atom is 0.346 e. The molecule has 0 aromatic heterocycles. The molecule has 1 saturated carbocycles. The van der Waals surface area contributed by atoms with Crippen molar-refractivity contribution in [1.82, 2.24) is 0 Å². The SMILES string of the molecule is C=CC[SiH2][C@H]1CC[C@H](CCc2ccc(C(=O)Oc3cc(F)c(C#N)c(F)c3)c(F)c2)CC1. The van der Waals surface area contributed by atoms with E-state index >= 15 is 0 Å². The number of aryl methyl sites for hydroxylation is 1. The van der Waals surface area contributed by atoms with Crippen molar-refractivity contribution in [1.29, 1.82) is 5.26 Å². The molecule has 0 aliphatic heterocycles. The third-order valence-corrected chi connectivity index (χ3v) is 8.55. The summed E-state index contributed by atoms with van der Waals surface area (Å²) in [4.78, 5) is 12.3. The first kappa shape index (κ1) is 23.8. The van der Waals surface area contributed by atoms with Crippen LogP contribution in [0.25, 0.3) is 0 Å². The van der Waals surface area contributed by atoms with Gasteiger partial charge in [-0.15, -0.1) is 6.58 Å². The second-order valence-corrected chi connectivity index (χ2v) is 10.7. The summed E-state index contributed by atoms with van der Waals surface area (Å²) < 4.78 is 46.8. The van der Waals surface area contributed by atoms with E-state index in [0.717, 1.165) is 36.1 Å². The van der Waals surface area contributed by atoms with Crippen LogP contribution in [-0.2, 0) is 6.42 Å². The van der Waals surface area contributed by atoms with Gasteiger partial charge < -0.3 is 4.74 Å². The van der Waals surface area contributed by atoms with Crippen LogP contribution in [0.4, 0.5) is 13.2 Å². The molecule has 0 bridgehead atoms. The summed E-state index contributed by atoms with van der Waals surface area (Å²) in [6, 6.07) is 8.37. The Balaban J connectivity index is 1.55. The van der Waals surface area contributed by atoms with Gasteiger partial charge >= 0.3 is 5.97 Å². The number of nitriles is 1. The van der Waals surface area contributed by atoms with Gasteiger partial charge in [-0.2, -0.15) is 5.26 Å². The Morgan fingerprint density at radius 1 is 1.12 bits per heavy atom. The summed E-state index contributed by atoms with van der Waals surface area (Å²) in [5, 5.41) is 8.69. The van der Waals surface area contributed by atoms with E-state index in [0.29, 0.717) is 5.92 Å². The number of esters is 1. The average Bonchev–Trinajstić information content (AvgIpc) is 2.76. The molecule has 3 nitrogen and oxygen atoms in total. The van der Waals surface area contributed by atoms with E-state index in [4.69, 9.17) is 10.00 Å². The lowest BCUT2D eigenvalue weighted by Gasteiger charge is -2.28. The zero-order chi connectivity index (χ0) is 23.1. The summed E-state index contributed by atoms with van der Waals surface area (Å²) in [5.74, 6) is -3.87. The lowest BCUT2D eigenvalue weighted by atomic mass is 9.85. The first-order valence-corrected chi connectivity index (χ1v) is 12.7. The molecule has 0 atom stereocenters. The topological polar surface area (TPSA) is 50.1 Å². The molecule has 0 radical (unpaired) electrons. The van der Waals surface area contributed by atoms with Gasteiger partial charge in [-0.05, 0) is 42.5 Å². The van der Waals surface area contributed by atoms with Gasteiger partial charge in [0, 0.05) is 21.7 Å². The van der Waals surface area contributed by atoms with Crippen molar-refractivity contribution in [3.05, 3.63) is 77.1 Å². The molecule has 1 fully saturated rings. The van der Waals surface area contributed by atoms with Gasteiger partial charge in [0.2, 0.25) is 0 Å². The van der Waals surface area contributed by atoms with E-state index in [-0.39, 0.29) is 15.1 Å². The largest absolute Gasteiger partial charge is 0.423 e. The van der Waals surface area contributed by atoms with Crippen LogP contribution in [0.15, 0.2) is 43.0 Å². The highest BCUT2D eigenvalue weighted by molar-refractivity contribution is 6.38. The van der Waals surface area contributed by atoms with Crippen LogP contribution in [0, 0.1) is 34.7 Å². The van der Waals surface area contributed by atoms with Crippen LogP contribution >= 0.6 is 0 Å². The summed E-state index contributed by atoms with van der Waals surface area (Å²) in [6.07, 6.45) is 8.79. The molecule has 32 heavy (non-hydrogen) atoms. The van der Waals surface area contributed by atoms with Crippen molar-refractivity contribution in [2.45, 2.75) is 50.1 Å². The van der Waals surface area contributed by atoms with Gasteiger partial charge in [-0.3, -0.25) is 0 Å². The summed E-state index contributed by atoms with van der Waals surface area (Å²) in [5.41, 5.74) is 0.641. The molecule has 0 spiro atoms. The fourth-order valence-electron chi connectivity index (χ4n) is 4.29. The molecule has 2 aromatic carbocycles. The Kier molecular flexibility index (Phi) is 8.29. The van der Waals surface area contributed by atoms with Gasteiger partial charge in [0.15, 0.2) is 0 Å². The van der Waals surface area contributed by atoms with Crippen molar-refractivity contribution >= 4 is 15.5 Å². The van der Waals surface area contributed by atoms with Gasteiger partial charge in [-0.1, -0.05) is 43.4 Å². The Morgan fingerprint density at radius 2 is 1.81 bits per heavy atom. The Labute approximate surface area is 188 Å². The molecule has 1 aliphatic carbocycles. The quantitative estimate of drug-likeness (QED) is 0.215. The minimum Gasteiger partial charge on any atom is -0.423 e.